The number of anilines is 1. The van der Waals surface area contributed by atoms with Gasteiger partial charge in [0.15, 0.2) is 18.1 Å². The molecular weight excluding hydrogens is 392 g/mol. The van der Waals surface area contributed by atoms with Gasteiger partial charge in [0.1, 0.15) is 6.29 Å². The number of carbonyl (C=O) groups is 4. The number of urea groups is 1. The maximum atomic E-state index is 12.0. The molecule has 158 valence electrons. The molecule has 2 N–H and O–H groups in total. The quantitative estimate of drug-likeness (QED) is 0.478. The Labute approximate surface area is 173 Å². The summed E-state index contributed by atoms with van der Waals surface area (Å²) in [5, 5.41) is 4.55. The number of aldehydes is 1. The van der Waals surface area contributed by atoms with Crippen LogP contribution in [0.5, 0.6) is 11.5 Å². The second kappa shape index (κ2) is 11.2. The average Bonchev–Trinajstić information content (AvgIpc) is 2.74. The third kappa shape index (κ3) is 6.62. The molecule has 0 bridgehead atoms. The summed E-state index contributed by atoms with van der Waals surface area (Å²) in [4.78, 5) is 46.4. The van der Waals surface area contributed by atoms with Gasteiger partial charge in [-0.25, -0.2) is 9.59 Å². The lowest BCUT2D eigenvalue weighted by atomic mass is 10.1. The van der Waals surface area contributed by atoms with Gasteiger partial charge in [0.25, 0.3) is 5.91 Å². The number of benzene rings is 2. The number of ether oxygens (including phenoxy) is 3. The number of hydrogen-bond donors (Lipinski definition) is 2. The van der Waals surface area contributed by atoms with Crippen LogP contribution < -0.4 is 20.1 Å². The maximum absolute atomic E-state index is 12.0. The Morgan fingerprint density at radius 2 is 1.60 bits per heavy atom. The van der Waals surface area contributed by atoms with Crippen LogP contribution in [0.1, 0.15) is 34.6 Å². The van der Waals surface area contributed by atoms with Crippen molar-refractivity contribution in [2.45, 2.75) is 13.8 Å². The minimum atomic E-state index is -0.804. The van der Waals surface area contributed by atoms with Crippen molar-refractivity contribution in [3.8, 4) is 11.5 Å². The number of imide groups is 1. The molecular formula is C21H22N2O7. The van der Waals surface area contributed by atoms with E-state index in [-0.39, 0.29) is 5.56 Å². The van der Waals surface area contributed by atoms with E-state index in [9.17, 15) is 19.2 Å². The highest BCUT2D eigenvalue weighted by Crippen LogP contribution is 2.30. The van der Waals surface area contributed by atoms with Gasteiger partial charge < -0.3 is 19.5 Å². The molecule has 0 radical (unpaired) electrons. The van der Waals surface area contributed by atoms with Crippen molar-refractivity contribution in [2.75, 3.05) is 25.1 Å². The fourth-order valence-corrected chi connectivity index (χ4v) is 2.37. The van der Waals surface area contributed by atoms with Crippen LogP contribution in [0, 0.1) is 0 Å². The van der Waals surface area contributed by atoms with Crippen LogP contribution in [0.4, 0.5) is 10.5 Å². The number of carbonyl (C=O) groups excluding carboxylic acids is 4. The van der Waals surface area contributed by atoms with E-state index in [0.717, 1.165) is 0 Å². The third-order valence-electron chi connectivity index (χ3n) is 3.67. The molecule has 2 rings (SSSR count). The molecule has 0 aliphatic carbocycles. The van der Waals surface area contributed by atoms with E-state index >= 15 is 0 Å². The Morgan fingerprint density at radius 1 is 0.933 bits per heavy atom. The molecule has 0 aromatic heterocycles. The van der Waals surface area contributed by atoms with Crippen LogP contribution in [-0.4, -0.2) is 44.0 Å². The molecule has 9 heteroatoms. The highest BCUT2D eigenvalue weighted by atomic mass is 16.5. The van der Waals surface area contributed by atoms with Gasteiger partial charge in [0.2, 0.25) is 0 Å². The van der Waals surface area contributed by atoms with Crippen LogP contribution in [0.3, 0.4) is 0 Å². The summed E-state index contributed by atoms with van der Waals surface area (Å²) >= 11 is 0. The summed E-state index contributed by atoms with van der Waals surface area (Å²) in [6.07, 6.45) is 0.642. The van der Waals surface area contributed by atoms with Crippen LogP contribution in [0.2, 0.25) is 0 Å². The fourth-order valence-electron chi connectivity index (χ4n) is 2.37. The first kappa shape index (κ1) is 22.4. The minimum Gasteiger partial charge on any atom is -0.490 e. The first-order valence-electron chi connectivity index (χ1n) is 9.19. The van der Waals surface area contributed by atoms with E-state index in [0.29, 0.717) is 42.2 Å². The van der Waals surface area contributed by atoms with Gasteiger partial charge in [-0.2, -0.15) is 0 Å². The molecule has 0 saturated carbocycles. The SMILES string of the molecule is CCOc1ccc(NC(=O)NC(=O)COC(=O)c2ccc(C=O)cc2)cc1OCC. The molecule has 2 aromatic rings. The van der Waals surface area contributed by atoms with Crippen LogP contribution in [0.15, 0.2) is 42.5 Å². The second-order valence-corrected chi connectivity index (χ2v) is 5.85. The Kier molecular flexibility index (Phi) is 8.37. The zero-order valence-corrected chi connectivity index (χ0v) is 16.6. The van der Waals surface area contributed by atoms with Crippen LogP contribution in [-0.2, 0) is 9.53 Å². The van der Waals surface area contributed by atoms with E-state index in [1.54, 1.807) is 18.2 Å². The molecule has 0 spiro atoms. The van der Waals surface area contributed by atoms with Gasteiger partial charge >= 0.3 is 12.0 Å². The highest BCUT2D eigenvalue weighted by Gasteiger charge is 2.14. The molecule has 0 aliphatic heterocycles. The number of amides is 3. The van der Waals surface area contributed by atoms with Crippen molar-refractivity contribution in [2.24, 2.45) is 0 Å². The lowest BCUT2D eigenvalue weighted by Gasteiger charge is -2.13. The normalized spacial score (nSPS) is 9.93. The number of nitrogens with one attached hydrogen (secondary N) is 2. The number of rotatable bonds is 9. The summed E-state index contributed by atoms with van der Waals surface area (Å²) in [5.41, 5.74) is 0.970. The van der Waals surface area contributed by atoms with Gasteiger partial charge in [-0.15, -0.1) is 0 Å². The molecule has 0 unspecified atom stereocenters. The molecule has 9 nitrogen and oxygen atoms in total. The van der Waals surface area contributed by atoms with Crippen molar-refractivity contribution in [1.29, 1.82) is 0 Å². The molecule has 0 fully saturated rings. The van der Waals surface area contributed by atoms with E-state index in [2.05, 4.69) is 10.6 Å². The van der Waals surface area contributed by atoms with Crippen molar-refractivity contribution < 1.29 is 33.4 Å². The first-order chi connectivity index (χ1) is 14.5. The average molecular weight is 414 g/mol. The van der Waals surface area contributed by atoms with Gasteiger partial charge in [0, 0.05) is 17.3 Å². The first-order valence-corrected chi connectivity index (χ1v) is 9.19. The van der Waals surface area contributed by atoms with E-state index in [1.165, 1.54) is 24.3 Å². The van der Waals surface area contributed by atoms with E-state index in [1.807, 2.05) is 13.8 Å². The molecule has 0 atom stereocenters. The van der Waals surface area contributed by atoms with Crippen molar-refractivity contribution >= 4 is 29.9 Å². The summed E-state index contributed by atoms with van der Waals surface area (Å²) in [6.45, 7) is 3.89. The van der Waals surface area contributed by atoms with Gasteiger partial charge in [-0.3, -0.25) is 14.9 Å². The smallest absolute Gasteiger partial charge is 0.338 e. The Morgan fingerprint density at radius 3 is 2.23 bits per heavy atom. The third-order valence-corrected chi connectivity index (χ3v) is 3.67. The fraction of sp³-hybridized carbons (Fsp3) is 0.238. The lowest BCUT2D eigenvalue weighted by Crippen LogP contribution is -2.37. The van der Waals surface area contributed by atoms with Gasteiger partial charge in [0.05, 0.1) is 18.8 Å². The Balaban J connectivity index is 1.86. The predicted octanol–water partition coefficient (Wildman–Crippen LogP) is 2.80. The van der Waals surface area contributed by atoms with Crippen LogP contribution >= 0.6 is 0 Å². The Bertz CT molecular complexity index is 910. The summed E-state index contributed by atoms with van der Waals surface area (Å²) in [7, 11) is 0. The van der Waals surface area contributed by atoms with Crippen molar-refractivity contribution in [3.05, 3.63) is 53.6 Å². The number of esters is 1. The summed E-state index contributed by atoms with van der Waals surface area (Å²) in [5.74, 6) is -0.565. The monoisotopic (exact) mass is 414 g/mol. The highest BCUT2D eigenvalue weighted by molar-refractivity contribution is 6.02. The minimum absolute atomic E-state index is 0.177. The van der Waals surface area contributed by atoms with E-state index in [4.69, 9.17) is 14.2 Å². The molecule has 0 heterocycles. The van der Waals surface area contributed by atoms with Crippen molar-refractivity contribution in [1.82, 2.24) is 5.32 Å². The van der Waals surface area contributed by atoms with Crippen molar-refractivity contribution in [3.63, 3.8) is 0 Å². The lowest BCUT2D eigenvalue weighted by molar-refractivity contribution is -0.123. The number of hydrogen-bond acceptors (Lipinski definition) is 7. The Hall–Kier alpha value is -3.88. The summed E-state index contributed by atoms with van der Waals surface area (Å²) in [6, 6.07) is 9.72. The summed E-state index contributed by atoms with van der Waals surface area (Å²) < 4.78 is 15.8. The van der Waals surface area contributed by atoms with Gasteiger partial charge in [-0.1, -0.05) is 12.1 Å². The van der Waals surface area contributed by atoms with Crippen LogP contribution in [0.25, 0.3) is 0 Å². The van der Waals surface area contributed by atoms with E-state index < -0.39 is 24.5 Å². The maximum Gasteiger partial charge on any atom is 0.338 e. The zero-order chi connectivity index (χ0) is 21.9. The second-order valence-electron chi connectivity index (χ2n) is 5.85. The molecule has 2 aromatic carbocycles. The molecule has 0 aliphatic rings. The van der Waals surface area contributed by atoms with Gasteiger partial charge in [-0.05, 0) is 38.1 Å². The molecule has 0 saturated heterocycles. The standard InChI is InChI=1S/C21H22N2O7/c1-3-28-17-10-9-16(11-18(17)29-4-2)22-21(27)23-19(25)13-30-20(26)15-7-5-14(12-24)6-8-15/h5-12H,3-4,13H2,1-2H3,(H2,22,23,25,27). The topological polar surface area (TPSA) is 120 Å². The zero-order valence-electron chi connectivity index (χ0n) is 16.6. The molecule has 30 heavy (non-hydrogen) atoms. The molecule has 3 amide bonds. The largest absolute Gasteiger partial charge is 0.490 e. The predicted molar refractivity (Wildman–Crippen MR) is 108 cm³/mol.